The molecule has 0 N–H and O–H groups in total. The van der Waals surface area contributed by atoms with Crippen molar-refractivity contribution >= 4 is 17.9 Å². The Morgan fingerprint density at radius 1 is 1.28 bits per heavy atom. The molecule has 1 aromatic rings. The smallest absolute Gasteiger partial charge is 0.433 e. The molecule has 0 aromatic carbocycles. The molecular weight excluding hydrogens is 238 g/mol. The van der Waals surface area contributed by atoms with Crippen LogP contribution in [-0.2, 0) is 15.9 Å². The van der Waals surface area contributed by atoms with Crippen molar-refractivity contribution in [2.75, 3.05) is 25.8 Å². The molecule has 0 unspecified atom stereocenters. The van der Waals surface area contributed by atoms with Crippen molar-refractivity contribution < 1.29 is 19.1 Å². The Morgan fingerprint density at radius 3 is 2.67 bits per heavy atom. The number of carbonyl (C=O) groups excluding carboxylic acids is 2. The van der Waals surface area contributed by atoms with Gasteiger partial charge in [0.05, 0.1) is 32.1 Å². The van der Waals surface area contributed by atoms with Gasteiger partial charge in [0.2, 0.25) is 0 Å². The van der Waals surface area contributed by atoms with Gasteiger partial charge in [0.1, 0.15) is 0 Å². The summed E-state index contributed by atoms with van der Waals surface area (Å²) < 4.78 is 9.33. The molecule has 1 aliphatic rings. The van der Waals surface area contributed by atoms with E-state index in [9.17, 15) is 9.59 Å². The second-order valence-electron chi connectivity index (χ2n) is 3.59. The lowest BCUT2D eigenvalue weighted by molar-refractivity contribution is 0.106. The number of hydrazine groups is 1. The van der Waals surface area contributed by atoms with Crippen molar-refractivity contribution in [2.45, 2.75) is 6.42 Å². The summed E-state index contributed by atoms with van der Waals surface area (Å²) in [6.45, 7) is 0.311. The van der Waals surface area contributed by atoms with Crippen LogP contribution < -0.4 is 5.01 Å². The Balaban J connectivity index is 2.43. The van der Waals surface area contributed by atoms with Crippen LogP contribution in [0.3, 0.4) is 0 Å². The van der Waals surface area contributed by atoms with E-state index in [1.54, 1.807) is 18.3 Å². The number of methoxy groups -OCH3 is 2. The molecule has 2 heterocycles. The molecule has 18 heavy (non-hydrogen) atoms. The minimum absolute atomic E-state index is 0.311. The summed E-state index contributed by atoms with van der Waals surface area (Å²) in [5.41, 5.74) is 1.27. The normalized spacial score (nSPS) is 13.9. The summed E-state index contributed by atoms with van der Waals surface area (Å²) in [6, 6.07) is 3.39. The van der Waals surface area contributed by atoms with Crippen molar-refractivity contribution in [2.24, 2.45) is 0 Å². The van der Waals surface area contributed by atoms with Gasteiger partial charge in [-0.25, -0.2) is 14.6 Å². The summed E-state index contributed by atoms with van der Waals surface area (Å²) in [5, 5.41) is 2.33. The van der Waals surface area contributed by atoms with E-state index in [0.29, 0.717) is 18.7 Å². The highest BCUT2D eigenvalue weighted by molar-refractivity contribution is 5.91. The molecule has 0 bridgehead atoms. The predicted octanol–water partition coefficient (Wildman–Crippen LogP) is 1.19. The fraction of sp³-hybridized carbons (Fsp3) is 0.364. The molecule has 1 aliphatic heterocycles. The van der Waals surface area contributed by atoms with Gasteiger partial charge < -0.3 is 9.47 Å². The number of nitrogens with zero attached hydrogens (tertiary/aromatic N) is 3. The molecule has 96 valence electrons. The summed E-state index contributed by atoms with van der Waals surface area (Å²) in [4.78, 5) is 27.6. The van der Waals surface area contributed by atoms with E-state index in [1.807, 2.05) is 0 Å². The summed E-state index contributed by atoms with van der Waals surface area (Å²) in [5.74, 6) is 0. The molecule has 0 spiro atoms. The second-order valence-corrected chi connectivity index (χ2v) is 3.59. The molecular formula is C11H13N3O4. The third-order valence-electron chi connectivity index (χ3n) is 2.63. The van der Waals surface area contributed by atoms with Crippen molar-refractivity contribution in [1.82, 2.24) is 9.99 Å². The average molecular weight is 251 g/mol. The first-order valence-corrected chi connectivity index (χ1v) is 5.36. The Kier molecular flexibility index (Phi) is 3.31. The van der Waals surface area contributed by atoms with Crippen molar-refractivity contribution in [1.29, 1.82) is 0 Å². The lowest BCUT2D eigenvalue weighted by atomic mass is 10.2. The van der Waals surface area contributed by atoms with Crippen LogP contribution in [-0.4, -0.2) is 42.9 Å². The number of ether oxygens (including phenoxy) is 2. The van der Waals surface area contributed by atoms with E-state index in [1.165, 1.54) is 19.2 Å². The molecule has 2 rings (SSSR count). The van der Waals surface area contributed by atoms with Crippen LogP contribution in [0.1, 0.15) is 5.69 Å². The number of hydrogen-bond acceptors (Lipinski definition) is 5. The monoisotopic (exact) mass is 251 g/mol. The minimum atomic E-state index is -0.658. The van der Waals surface area contributed by atoms with Crippen LogP contribution >= 0.6 is 0 Å². The topological polar surface area (TPSA) is 72.0 Å². The number of aromatic nitrogens is 1. The van der Waals surface area contributed by atoms with Gasteiger partial charge in [0.15, 0.2) is 0 Å². The molecule has 0 atom stereocenters. The molecule has 7 nitrogen and oxygen atoms in total. The van der Waals surface area contributed by atoms with Crippen LogP contribution in [0.15, 0.2) is 18.3 Å². The first kappa shape index (κ1) is 12.2. The van der Waals surface area contributed by atoms with E-state index < -0.39 is 12.2 Å². The van der Waals surface area contributed by atoms with Crippen molar-refractivity contribution in [3.8, 4) is 0 Å². The van der Waals surface area contributed by atoms with Gasteiger partial charge in [-0.05, 0) is 12.1 Å². The second kappa shape index (κ2) is 4.91. The maximum Gasteiger partial charge on any atom is 0.433 e. The number of anilines is 1. The Labute approximate surface area is 104 Å². The number of carbonyl (C=O) groups is 2. The van der Waals surface area contributed by atoms with Crippen LogP contribution in [0.2, 0.25) is 0 Å². The predicted molar refractivity (Wildman–Crippen MR) is 61.9 cm³/mol. The lowest BCUT2D eigenvalue weighted by Crippen LogP contribution is -2.53. The third-order valence-corrected chi connectivity index (χ3v) is 2.63. The van der Waals surface area contributed by atoms with Crippen molar-refractivity contribution in [3.63, 3.8) is 0 Å². The van der Waals surface area contributed by atoms with Gasteiger partial charge in [0.25, 0.3) is 0 Å². The van der Waals surface area contributed by atoms with E-state index >= 15 is 0 Å². The molecule has 2 amide bonds. The number of hydrogen-bond donors (Lipinski definition) is 0. The molecule has 7 heteroatoms. The maximum atomic E-state index is 11.8. The molecule has 0 saturated heterocycles. The molecule has 0 saturated carbocycles. The van der Waals surface area contributed by atoms with Gasteiger partial charge in [-0.15, -0.1) is 0 Å². The highest BCUT2D eigenvalue weighted by Crippen LogP contribution is 2.26. The largest absolute Gasteiger partial charge is 0.452 e. The fourth-order valence-corrected chi connectivity index (χ4v) is 1.82. The van der Waals surface area contributed by atoms with E-state index in [4.69, 9.17) is 0 Å². The quantitative estimate of drug-likeness (QED) is 0.692. The molecule has 0 radical (unpaired) electrons. The van der Waals surface area contributed by atoms with Gasteiger partial charge in [-0.1, -0.05) is 0 Å². The number of rotatable bonds is 0. The third kappa shape index (κ3) is 1.94. The average Bonchev–Trinajstić information content (AvgIpc) is 2.44. The van der Waals surface area contributed by atoms with Crippen LogP contribution in [0.4, 0.5) is 15.3 Å². The number of amides is 2. The van der Waals surface area contributed by atoms with Crippen LogP contribution in [0, 0.1) is 0 Å². The minimum Gasteiger partial charge on any atom is -0.452 e. The van der Waals surface area contributed by atoms with Gasteiger partial charge >= 0.3 is 12.2 Å². The first-order valence-electron chi connectivity index (χ1n) is 5.36. The highest BCUT2D eigenvalue weighted by Gasteiger charge is 2.34. The van der Waals surface area contributed by atoms with E-state index in [0.717, 1.165) is 10.7 Å². The summed E-state index contributed by atoms with van der Waals surface area (Å²) >= 11 is 0. The zero-order chi connectivity index (χ0) is 13.1. The van der Waals surface area contributed by atoms with Crippen molar-refractivity contribution in [3.05, 3.63) is 24.0 Å². The zero-order valence-electron chi connectivity index (χ0n) is 10.1. The van der Waals surface area contributed by atoms with Gasteiger partial charge in [-0.3, -0.25) is 4.98 Å². The lowest BCUT2D eigenvalue weighted by Gasteiger charge is -2.36. The fourth-order valence-electron chi connectivity index (χ4n) is 1.82. The SMILES string of the molecule is COC(=O)N1CCc2ncccc2N1C(=O)OC. The molecule has 0 aliphatic carbocycles. The zero-order valence-corrected chi connectivity index (χ0v) is 10.1. The molecule has 0 fully saturated rings. The highest BCUT2D eigenvalue weighted by atomic mass is 16.6. The van der Waals surface area contributed by atoms with Gasteiger partial charge in [0, 0.05) is 12.6 Å². The van der Waals surface area contributed by atoms with Gasteiger partial charge in [-0.2, -0.15) is 5.01 Å². The Bertz CT molecular complexity index is 477. The Morgan fingerprint density at radius 2 is 2.00 bits per heavy atom. The van der Waals surface area contributed by atoms with Crippen LogP contribution in [0.25, 0.3) is 0 Å². The Hall–Kier alpha value is -2.31. The van der Waals surface area contributed by atoms with Crippen LogP contribution in [0.5, 0.6) is 0 Å². The molecule has 1 aromatic heterocycles. The first-order chi connectivity index (χ1) is 8.69. The van der Waals surface area contributed by atoms with E-state index in [-0.39, 0.29) is 0 Å². The maximum absolute atomic E-state index is 11.8. The van der Waals surface area contributed by atoms with E-state index in [2.05, 4.69) is 14.5 Å². The standard InChI is InChI=1S/C11H13N3O4/c1-17-10(15)13-7-5-8-9(4-3-6-12-8)14(13)11(16)18-2/h3-4,6H,5,7H2,1-2H3. The number of pyridine rings is 1. The number of fused-ring (bicyclic) bond motifs is 1. The summed E-state index contributed by atoms with van der Waals surface area (Å²) in [6.07, 6.45) is 0.921. The summed E-state index contributed by atoms with van der Waals surface area (Å²) in [7, 11) is 2.51.